The molecule has 1 saturated heterocycles. The number of rotatable bonds is 8. The van der Waals surface area contributed by atoms with Gasteiger partial charge in [0.1, 0.15) is 18.1 Å². The van der Waals surface area contributed by atoms with Crippen molar-refractivity contribution in [3.05, 3.63) is 22.7 Å². The molecule has 2 heterocycles. The summed E-state index contributed by atoms with van der Waals surface area (Å²) in [5.41, 5.74) is 4.56. The second kappa shape index (κ2) is 11.9. The smallest absolute Gasteiger partial charge is 0.756 e. The summed E-state index contributed by atoms with van der Waals surface area (Å²) in [5, 5.41) is 9.92. The Kier molecular flexibility index (Phi) is 12.3. The van der Waals surface area contributed by atoms with Gasteiger partial charge in [0.05, 0.1) is 12.7 Å². The summed E-state index contributed by atoms with van der Waals surface area (Å²) in [6.45, 7) is -0.892. The molecule has 0 spiro atoms. The van der Waals surface area contributed by atoms with Gasteiger partial charge < -0.3 is 35.2 Å². The zero-order valence-electron chi connectivity index (χ0n) is 15.5. The molecular weight excluding hydrogens is 497 g/mol. The van der Waals surface area contributed by atoms with Gasteiger partial charge in [-0.3, -0.25) is 18.2 Å². The SMILES string of the molecule is Nc1ccn([C@@H]2C[C@@H](O)[C@@H](COP(=O)(O)OP(=O)([O-])OP(=O)([O-])O)O2)c(=O)n1.[Na+].[Na+]. The molecule has 1 aliphatic rings. The fourth-order valence-corrected chi connectivity index (χ4v) is 5.07. The van der Waals surface area contributed by atoms with Gasteiger partial charge in [0, 0.05) is 12.6 Å². The van der Waals surface area contributed by atoms with Crippen LogP contribution in [0.1, 0.15) is 12.6 Å². The molecule has 0 amide bonds. The third-order valence-corrected chi connectivity index (χ3v) is 6.90. The van der Waals surface area contributed by atoms with Crippen molar-refractivity contribution in [1.29, 1.82) is 0 Å². The molecule has 0 bridgehead atoms. The number of phosphoric ester groups is 1. The van der Waals surface area contributed by atoms with Gasteiger partial charge in [0.2, 0.25) is 0 Å². The fraction of sp³-hybridized carbons (Fsp3) is 0.556. The van der Waals surface area contributed by atoms with E-state index >= 15 is 0 Å². The average molecular weight is 511 g/mol. The van der Waals surface area contributed by atoms with E-state index in [2.05, 4.69) is 18.1 Å². The third kappa shape index (κ3) is 9.87. The van der Waals surface area contributed by atoms with Gasteiger partial charge in [-0.1, -0.05) is 0 Å². The van der Waals surface area contributed by atoms with E-state index < -0.39 is 54.2 Å². The van der Waals surface area contributed by atoms with Crippen LogP contribution in [-0.4, -0.2) is 43.3 Å². The second-order valence-corrected chi connectivity index (χ2v) is 9.65. The first-order valence-electron chi connectivity index (χ1n) is 7.10. The minimum Gasteiger partial charge on any atom is -0.756 e. The maximum absolute atomic E-state index is 11.8. The number of nitrogens with zero attached hydrogens (tertiary/aromatic N) is 2. The topological polar surface area (TPSA) is 256 Å². The Morgan fingerprint density at radius 1 is 1.27 bits per heavy atom. The van der Waals surface area contributed by atoms with Crippen molar-refractivity contribution in [2.45, 2.75) is 24.9 Å². The van der Waals surface area contributed by atoms with Crippen LogP contribution in [0.25, 0.3) is 0 Å². The van der Waals surface area contributed by atoms with Crippen molar-refractivity contribution in [2.75, 3.05) is 12.3 Å². The van der Waals surface area contributed by atoms with E-state index in [4.69, 9.17) is 15.4 Å². The van der Waals surface area contributed by atoms with Gasteiger partial charge in [-0.05, 0) is 6.07 Å². The Morgan fingerprint density at radius 3 is 2.40 bits per heavy atom. The van der Waals surface area contributed by atoms with Crippen LogP contribution in [0.4, 0.5) is 5.82 Å². The number of aromatic nitrogens is 2. The number of nitrogen functional groups attached to an aromatic ring is 1. The molecule has 1 aromatic rings. The van der Waals surface area contributed by atoms with Gasteiger partial charge in [-0.25, -0.2) is 18.0 Å². The van der Waals surface area contributed by atoms with E-state index in [0.717, 1.165) is 4.57 Å². The summed E-state index contributed by atoms with van der Waals surface area (Å²) in [7, 11) is -17.2. The van der Waals surface area contributed by atoms with Gasteiger partial charge >= 0.3 is 72.6 Å². The normalized spacial score (nSPS) is 27.0. The van der Waals surface area contributed by atoms with Crippen molar-refractivity contribution < 1.29 is 115 Å². The first-order valence-corrected chi connectivity index (χ1v) is 11.6. The van der Waals surface area contributed by atoms with E-state index in [1.165, 1.54) is 12.3 Å². The predicted molar refractivity (Wildman–Crippen MR) is 82.8 cm³/mol. The molecule has 6 atom stereocenters. The summed E-state index contributed by atoms with van der Waals surface area (Å²) in [5.74, 6) is -0.0483. The first-order chi connectivity index (χ1) is 12.7. The Bertz CT molecular complexity index is 925. The number of hydrogen-bond donors (Lipinski definition) is 4. The third-order valence-electron chi connectivity index (χ3n) is 3.17. The number of nitrogens with two attached hydrogens (primary N) is 1. The van der Waals surface area contributed by atoms with Crippen LogP contribution in [0.5, 0.6) is 0 Å². The molecule has 21 heteroatoms. The number of anilines is 1. The molecule has 1 aromatic heterocycles. The Balaban J connectivity index is 0.00000420. The number of aliphatic hydroxyl groups excluding tert-OH is 1. The number of phosphoric acid groups is 3. The minimum absolute atomic E-state index is 0. The molecule has 0 aromatic carbocycles. The van der Waals surface area contributed by atoms with Crippen LogP contribution in [-0.2, 0) is 31.6 Å². The maximum atomic E-state index is 11.8. The van der Waals surface area contributed by atoms with Crippen molar-refractivity contribution in [2.24, 2.45) is 0 Å². The predicted octanol–water partition coefficient (Wildman–Crippen LogP) is -8.44. The van der Waals surface area contributed by atoms with E-state index in [1.54, 1.807) is 0 Å². The Hall–Kier alpha value is 1.01. The van der Waals surface area contributed by atoms with Crippen LogP contribution in [0.3, 0.4) is 0 Å². The first kappa shape index (κ1) is 31.0. The molecule has 2 rings (SSSR count). The van der Waals surface area contributed by atoms with Gasteiger partial charge in [-0.2, -0.15) is 4.98 Å². The van der Waals surface area contributed by atoms with Crippen LogP contribution in [0.2, 0.25) is 0 Å². The van der Waals surface area contributed by atoms with Crippen molar-refractivity contribution in [1.82, 2.24) is 9.55 Å². The molecule has 160 valence electrons. The zero-order valence-corrected chi connectivity index (χ0v) is 22.2. The second-order valence-electron chi connectivity index (χ2n) is 5.32. The summed E-state index contributed by atoms with van der Waals surface area (Å²) in [6, 6.07) is 1.29. The van der Waals surface area contributed by atoms with E-state index in [1.807, 2.05) is 0 Å². The van der Waals surface area contributed by atoms with E-state index in [9.17, 15) is 38.3 Å². The quantitative estimate of drug-likeness (QED) is 0.187. The largest absolute Gasteiger partial charge is 1.00 e. The average Bonchev–Trinajstić information content (AvgIpc) is 2.82. The molecule has 3 unspecified atom stereocenters. The van der Waals surface area contributed by atoms with E-state index in [0.29, 0.717) is 0 Å². The molecule has 0 saturated carbocycles. The molecule has 1 fully saturated rings. The molecule has 1 aliphatic heterocycles. The molecule has 0 aliphatic carbocycles. The van der Waals surface area contributed by atoms with Crippen molar-refractivity contribution in [3.63, 3.8) is 0 Å². The summed E-state index contributed by atoms with van der Waals surface area (Å²) in [6.07, 6.45) is -2.54. The summed E-state index contributed by atoms with van der Waals surface area (Å²) in [4.78, 5) is 54.3. The van der Waals surface area contributed by atoms with Crippen LogP contribution in [0.15, 0.2) is 17.1 Å². The molecule has 16 nitrogen and oxygen atoms in total. The van der Waals surface area contributed by atoms with Crippen LogP contribution in [0, 0.1) is 0 Å². The molecule has 5 N–H and O–H groups in total. The fourth-order valence-electron chi connectivity index (χ4n) is 2.14. The van der Waals surface area contributed by atoms with E-state index in [-0.39, 0.29) is 71.4 Å². The number of ether oxygens (including phenoxy) is 1. The summed E-state index contributed by atoms with van der Waals surface area (Å²) < 4.78 is 50.4. The molecule has 0 radical (unpaired) electrons. The van der Waals surface area contributed by atoms with Crippen molar-refractivity contribution >= 4 is 29.3 Å². The minimum atomic E-state index is -5.97. The maximum Gasteiger partial charge on any atom is 1.00 e. The standard InChI is InChI=1S/C9H16N3O13P3.2Na/c10-7-1-2-12(9(14)11-7)8-3-5(13)6(23-8)4-22-27(18,19)25-28(20,21)24-26(15,16)17;;/h1-2,5-6,8,13H,3-4H2,(H,18,19)(H,20,21)(H2,10,11,14)(H2,15,16,17);;/q;2*+1/p-2/t5-,6-,8+;;/m1../s1. The van der Waals surface area contributed by atoms with Crippen molar-refractivity contribution in [3.8, 4) is 0 Å². The van der Waals surface area contributed by atoms with Gasteiger partial charge in [0.25, 0.3) is 15.6 Å². The molecule has 30 heavy (non-hydrogen) atoms. The monoisotopic (exact) mass is 511 g/mol. The van der Waals surface area contributed by atoms with Gasteiger partial charge in [-0.15, -0.1) is 0 Å². The van der Waals surface area contributed by atoms with Gasteiger partial charge in [0.15, 0.2) is 0 Å². The van der Waals surface area contributed by atoms with Crippen LogP contribution < -0.4 is 80.3 Å². The Morgan fingerprint density at radius 2 is 1.87 bits per heavy atom. The number of hydrogen-bond acceptors (Lipinski definition) is 13. The molecular formula is C9H14N3Na2O13P3. The zero-order chi connectivity index (χ0) is 21.3. The Labute approximate surface area is 212 Å². The summed E-state index contributed by atoms with van der Waals surface area (Å²) >= 11 is 0. The van der Waals surface area contributed by atoms with Crippen LogP contribution >= 0.6 is 23.5 Å². The number of aliphatic hydroxyl groups is 1.